The molecule has 7 nitrogen and oxygen atoms in total. The molecule has 0 unspecified atom stereocenters. The number of nitrogens with zero attached hydrogens (tertiary/aromatic N) is 2. The Morgan fingerprint density at radius 2 is 1.95 bits per heavy atom. The second kappa shape index (κ2) is 5.35. The maximum Gasteiger partial charge on any atom is 0.395 e. The molecule has 1 heterocycles. The maximum atomic E-state index is 11.4. The van der Waals surface area contributed by atoms with Gasteiger partial charge in [0.1, 0.15) is 5.82 Å². The van der Waals surface area contributed by atoms with E-state index in [1.54, 1.807) is 6.08 Å². The number of aryl methyl sites for hydroxylation is 1. The third-order valence-electron chi connectivity index (χ3n) is 2.59. The Bertz CT molecular complexity index is 732. The van der Waals surface area contributed by atoms with Gasteiger partial charge < -0.3 is 10.1 Å². The number of aromatic amines is 1. The molecular weight excluding hydrogens is 262 g/mol. The molecule has 102 valence electrons. The van der Waals surface area contributed by atoms with Crippen LogP contribution in [0.25, 0.3) is 12.2 Å². The molecule has 2 N–H and O–H groups in total. The van der Waals surface area contributed by atoms with Crippen LogP contribution in [0.5, 0.6) is 5.88 Å². The highest BCUT2D eigenvalue weighted by molar-refractivity contribution is 5.67. The summed E-state index contributed by atoms with van der Waals surface area (Å²) in [5, 5.41) is 19.9. The maximum absolute atomic E-state index is 11.4. The van der Waals surface area contributed by atoms with Crippen molar-refractivity contribution in [3.63, 3.8) is 0 Å². The van der Waals surface area contributed by atoms with Crippen molar-refractivity contribution in [2.45, 2.75) is 6.92 Å². The first-order chi connectivity index (χ1) is 9.47. The van der Waals surface area contributed by atoms with Crippen molar-refractivity contribution in [2.75, 3.05) is 0 Å². The molecule has 7 heteroatoms. The van der Waals surface area contributed by atoms with Crippen LogP contribution in [-0.4, -0.2) is 20.0 Å². The third kappa shape index (κ3) is 2.89. The van der Waals surface area contributed by atoms with Crippen LogP contribution in [0.3, 0.4) is 0 Å². The summed E-state index contributed by atoms with van der Waals surface area (Å²) in [6, 6.07) is 7.58. The number of aromatic nitrogens is 2. The van der Waals surface area contributed by atoms with Gasteiger partial charge in [-0.15, -0.1) is 0 Å². The molecule has 0 saturated heterocycles. The monoisotopic (exact) mass is 273 g/mol. The molecule has 0 fully saturated rings. The van der Waals surface area contributed by atoms with Gasteiger partial charge in [0.25, 0.3) is 5.88 Å². The Kier molecular flexibility index (Phi) is 3.60. The zero-order valence-electron chi connectivity index (χ0n) is 10.5. The fourth-order valence-corrected chi connectivity index (χ4v) is 1.57. The summed E-state index contributed by atoms with van der Waals surface area (Å²) in [5.74, 6) is -0.860. The number of benzene rings is 1. The van der Waals surface area contributed by atoms with Crippen molar-refractivity contribution in [1.82, 2.24) is 9.97 Å². The van der Waals surface area contributed by atoms with Gasteiger partial charge in [0.05, 0.1) is 4.92 Å². The van der Waals surface area contributed by atoms with E-state index in [1.165, 1.54) is 6.08 Å². The number of hydrogen-bond donors (Lipinski definition) is 2. The summed E-state index contributed by atoms with van der Waals surface area (Å²) in [7, 11) is 0. The minimum absolute atomic E-state index is 0.0404. The normalized spacial score (nSPS) is 10.8. The molecule has 0 saturated carbocycles. The lowest BCUT2D eigenvalue weighted by Crippen LogP contribution is -2.14. The fraction of sp³-hybridized carbons (Fsp3) is 0.0769. The van der Waals surface area contributed by atoms with Gasteiger partial charge in [0, 0.05) is 0 Å². The molecular formula is C13H11N3O4. The number of nitrogens with one attached hydrogen (secondary N) is 1. The Balaban J connectivity index is 2.33. The van der Waals surface area contributed by atoms with Crippen molar-refractivity contribution >= 4 is 17.8 Å². The first-order valence-electron chi connectivity index (χ1n) is 5.70. The average Bonchev–Trinajstić information content (AvgIpc) is 2.37. The van der Waals surface area contributed by atoms with Gasteiger partial charge in [0.15, 0.2) is 0 Å². The molecule has 0 atom stereocenters. The Morgan fingerprint density at radius 1 is 1.30 bits per heavy atom. The molecule has 20 heavy (non-hydrogen) atoms. The molecule has 0 aliphatic heterocycles. The number of aromatic hydroxyl groups is 1. The molecule has 1 aromatic heterocycles. The highest BCUT2D eigenvalue weighted by Crippen LogP contribution is 2.17. The lowest BCUT2D eigenvalue weighted by molar-refractivity contribution is -0.387. The molecule has 0 aliphatic carbocycles. The van der Waals surface area contributed by atoms with Gasteiger partial charge in [-0.2, -0.15) is 4.98 Å². The number of H-pyrrole nitrogens is 1. The highest BCUT2D eigenvalue weighted by atomic mass is 16.6. The quantitative estimate of drug-likeness (QED) is 0.655. The molecule has 0 aliphatic rings. The summed E-state index contributed by atoms with van der Waals surface area (Å²) in [4.78, 5) is 26.8. The zero-order valence-corrected chi connectivity index (χ0v) is 10.5. The van der Waals surface area contributed by atoms with Gasteiger partial charge in [0.2, 0.25) is 0 Å². The average molecular weight is 273 g/mol. The number of nitro groups is 1. The Labute approximate surface area is 113 Å². The standard InChI is InChI=1S/C13H11N3O4/c1-8-2-4-9(5-3-8)6-7-10-14-12(17)11(16(19)20)13(18)15-10/h2-7H,1H3,(H2,14,15,17,18)/b7-6-. The molecule has 1 aromatic carbocycles. The van der Waals surface area contributed by atoms with Crippen molar-refractivity contribution in [3.8, 4) is 5.88 Å². The summed E-state index contributed by atoms with van der Waals surface area (Å²) < 4.78 is 0. The summed E-state index contributed by atoms with van der Waals surface area (Å²) >= 11 is 0. The first-order valence-corrected chi connectivity index (χ1v) is 5.70. The smallest absolute Gasteiger partial charge is 0.395 e. The van der Waals surface area contributed by atoms with Crippen molar-refractivity contribution in [1.29, 1.82) is 0 Å². The van der Waals surface area contributed by atoms with Crippen LogP contribution in [0.2, 0.25) is 0 Å². The van der Waals surface area contributed by atoms with E-state index in [0.29, 0.717) is 0 Å². The van der Waals surface area contributed by atoms with Crippen molar-refractivity contribution in [2.24, 2.45) is 0 Å². The van der Waals surface area contributed by atoms with Crippen LogP contribution < -0.4 is 5.56 Å². The van der Waals surface area contributed by atoms with Gasteiger partial charge >= 0.3 is 11.2 Å². The predicted molar refractivity (Wildman–Crippen MR) is 73.3 cm³/mol. The van der Waals surface area contributed by atoms with E-state index in [2.05, 4.69) is 9.97 Å². The lowest BCUT2D eigenvalue weighted by Gasteiger charge is -1.97. The first kappa shape index (κ1) is 13.5. The number of hydrogen-bond acceptors (Lipinski definition) is 5. The zero-order chi connectivity index (χ0) is 14.7. The topological polar surface area (TPSA) is 109 Å². The fourth-order valence-electron chi connectivity index (χ4n) is 1.57. The van der Waals surface area contributed by atoms with Gasteiger partial charge in [-0.3, -0.25) is 14.9 Å². The Morgan fingerprint density at radius 3 is 2.50 bits per heavy atom. The summed E-state index contributed by atoms with van der Waals surface area (Å²) in [5.41, 5.74) is 0.0290. The van der Waals surface area contributed by atoms with Gasteiger partial charge in [-0.1, -0.05) is 35.9 Å². The molecule has 2 rings (SSSR count). The van der Waals surface area contributed by atoms with Crippen LogP contribution in [0, 0.1) is 17.0 Å². The second-order valence-corrected chi connectivity index (χ2v) is 4.12. The molecule has 0 bridgehead atoms. The van der Waals surface area contributed by atoms with Gasteiger partial charge in [-0.05, 0) is 18.6 Å². The van der Waals surface area contributed by atoms with E-state index >= 15 is 0 Å². The van der Waals surface area contributed by atoms with E-state index in [0.717, 1.165) is 11.1 Å². The van der Waals surface area contributed by atoms with Crippen LogP contribution in [0.4, 0.5) is 5.69 Å². The highest BCUT2D eigenvalue weighted by Gasteiger charge is 2.21. The summed E-state index contributed by atoms with van der Waals surface area (Å²) in [6.07, 6.45) is 3.12. The van der Waals surface area contributed by atoms with E-state index < -0.39 is 22.0 Å². The van der Waals surface area contributed by atoms with E-state index in [1.807, 2.05) is 31.2 Å². The minimum atomic E-state index is -0.994. The van der Waals surface area contributed by atoms with Crippen LogP contribution in [0.1, 0.15) is 17.0 Å². The lowest BCUT2D eigenvalue weighted by atomic mass is 10.1. The largest absolute Gasteiger partial charge is 0.488 e. The summed E-state index contributed by atoms with van der Waals surface area (Å²) in [6.45, 7) is 1.96. The Hall–Kier alpha value is -2.96. The molecule has 0 spiro atoms. The van der Waals surface area contributed by atoms with Gasteiger partial charge in [-0.25, -0.2) is 0 Å². The van der Waals surface area contributed by atoms with Crippen LogP contribution in [0.15, 0.2) is 29.1 Å². The second-order valence-electron chi connectivity index (χ2n) is 4.12. The van der Waals surface area contributed by atoms with Crippen molar-refractivity contribution in [3.05, 3.63) is 61.7 Å². The molecule has 0 radical (unpaired) electrons. The van der Waals surface area contributed by atoms with Crippen molar-refractivity contribution < 1.29 is 10.0 Å². The number of rotatable bonds is 3. The van der Waals surface area contributed by atoms with Crippen LogP contribution in [-0.2, 0) is 0 Å². The minimum Gasteiger partial charge on any atom is -0.488 e. The van der Waals surface area contributed by atoms with E-state index in [4.69, 9.17) is 0 Å². The third-order valence-corrected chi connectivity index (χ3v) is 2.59. The van der Waals surface area contributed by atoms with E-state index in [-0.39, 0.29) is 5.82 Å². The van der Waals surface area contributed by atoms with E-state index in [9.17, 15) is 20.0 Å². The predicted octanol–water partition coefficient (Wildman–Crippen LogP) is 1.86. The molecule has 0 amide bonds. The van der Waals surface area contributed by atoms with Crippen LogP contribution >= 0.6 is 0 Å². The molecule has 2 aromatic rings. The SMILES string of the molecule is Cc1ccc(/C=C\c2nc(O)c([N+](=O)[O-])c(=O)[nH]2)cc1.